The van der Waals surface area contributed by atoms with Gasteiger partial charge >= 0.3 is 0 Å². The molecule has 0 radical (unpaired) electrons. The minimum atomic E-state index is 0.314. The fourth-order valence-electron chi connectivity index (χ4n) is 3.10. The van der Waals surface area contributed by atoms with Crippen LogP contribution in [-0.4, -0.2) is 32.5 Å². The number of nitrogens with one attached hydrogen (secondary N) is 1. The van der Waals surface area contributed by atoms with Crippen LogP contribution in [0.1, 0.15) is 24.8 Å². The van der Waals surface area contributed by atoms with Crippen LogP contribution in [0.25, 0.3) is 0 Å². The summed E-state index contributed by atoms with van der Waals surface area (Å²) in [7, 11) is 3.28. The van der Waals surface area contributed by atoms with Gasteiger partial charge in [0, 0.05) is 13.2 Å². The number of aliphatic hydroxyl groups excluding tert-OH is 1. The molecule has 2 atom stereocenters. The van der Waals surface area contributed by atoms with Gasteiger partial charge in [-0.15, -0.1) is 0 Å². The monoisotopic (exact) mass is 357 g/mol. The first-order chi connectivity index (χ1) is 10.2. The van der Waals surface area contributed by atoms with Crippen LogP contribution in [0, 0.1) is 11.8 Å². The number of ether oxygens (including phenoxy) is 2. The quantitative estimate of drug-likeness (QED) is 0.787. The summed E-state index contributed by atoms with van der Waals surface area (Å²) < 4.78 is 11.6. The van der Waals surface area contributed by atoms with Gasteiger partial charge in [-0.3, -0.25) is 0 Å². The van der Waals surface area contributed by atoms with Crippen molar-refractivity contribution in [1.82, 2.24) is 5.32 Å². The highest BCUT2D eigenvalue weighted by Gasteiger charge is 2.25. The van der Waals surface area contributed by atoms with Gasteiger partial charge in [0.05, 0.1) is 18.7 Å². The summed E-state index contributed by atoms with van der Waals surface area (Å²) in [5, 5.41) is 12.8. The van der Waals surface area contributed by atoms with Crippen molar-refractivity contribution in [3.8, 4) is 11.5 Å². The summed E-state index contributed by atoms with van der Waals surface area (Å²) in [6.07, 6.45) is 3.61. The molecule has 2 N–H and O–H groups in total. The van der Waals surface area contributed by atoms with E-state index in [-0.39, 0.29) is 0 Å². The Balaban J connectivity index is 1.92. The van der Waals surface area contributed by atoms with Crippen molar-refractivity contribution in [3.05, 3.63) is 22.2 Å². The van der Waals surface area contributed by atoms with Crippen molar-refractivity contribution < 1.29 is 14.6 Å². The minimum absolute atomic E-state index is 0.314. The van der Waals surface area contributed by atoms with Gasteiger partial charge in [-0.2, -0.15) is 0 Å². The van der Waals surface area contributed by atoms with Crippen molar-refractivity contribution >= 4 is 15.9 Å². The highest BCUT2D eigenvalue weighted by Crippen LogP contribution is 2.36. The molecule has 0 bridgehead atoms. The first-order valence-corrected chi connectivity index (χ1v) is 8.20. The zero-order chi connectivity index (χ0) is 15.2. The van der Waals surface area contributed by atoms with E-state index in [0.29, 0.717) is 18.4 Å². The Morgan fingerprint density at radius 1 is 1.24 bits per heavy atom. The highest BCUT2D eigenvalue weighted by atomic mass is 79.9. The van der Waals surface area contributed by atoms with Crippen LogP contribution in [0.4, 0.5) is 0 Å². The van der Waals surface area contributed by atoms with Crippen LogP contribution in [0.2, 0.25) is 0 Å². The summed E-state index contributed by atoms with van der Waals surface area (Å²) in [6, 6.07) is 4.04. The van der Waals surface area contributed by atoms with Gasteiger partial charge in [0.25, 0.3) is 0 Å². The van der Waals surface area contributed by atoms with E-state index in [4.69, 9.17) is 9.47 Å². The zero-order valence-corrected chi connectivity index (χ0v) is 14.3. The molecule has 1 saturated carbocycles. The number of hydrogen-bond acceptors (Lipinski definition) is 4. The Kier molecular flexibility index (Phi) is 6.33. The molecule has 0 saturated heterocycles. The van der Waals surface area contributed by atoms with E-state index in [2.05, 4.69) is 21.2 Å². The number of rotatable bonds is 7. The Hall–Kier alpha value is -0.780. The van der Waals surface area contributed by atoms with Gasteiger partial charge in [-0.25, -0.2) is 0 Å². The van der Waals surface area contributed by atoms with Crippen molar-refractivity contribution in [2.75, 3.05) is 27.4 Å². The van der Waals surface area contributed by atoms with Crippen molar-refractivity contribution in [3.63, 3.8) is 0 Å². The lowest BCUT2D eigenvalue weighted by molar-refractivity contribution is 0.192. The fourth-order valence-corrected chi connectivity index (χ4v) is 3.75. The Bertz CT molecular complexity index is 467. The summed E-state index contributed by atoms with van der Waals surface area (Å²) in [6.45, 7) is 2.05. The summed E-state index contributed by atoms with van der Waals surface area (Å²) >= 11 is 3.51. The molecule has 1 aromatic rings. The average Bonchev–Trinajstić information content (AvgIpc) is 2.94. The predicted molar refractivity (Wildman–Crippen MR) is 86.9 cm³/mol. The molecule has 21 heavy (non-hydrogen) atoms. The Labute approximate surface area is 135 Å². The molecule has 1 aromatic carbocycles. The number of methoxy groups -OCH3 is 2. The number of halogens is 1. The number of benzene rings is 1. The van der Waals surface area contributed by atoms with Crippen LogP contribution < -0.4 is 14.8 Å². The normalized spacial score (nSPS) is 21.5. The molecule has 0 spiro atoms. The lowest BCUT2D eigenvalue weighted by atomic mass is 9.97. The number of hydrogen-bond donors (Lipinski definition) is 2. The van der Waals surface area contributed by atoms with Gasteiger partial charge < -0.3 is 19.9 Å². The second-order valence-electron chi connectivity index (χ2n) is 5.58. The molecule has 118 valence electrons. The third kappa shape index (κ3) is 4.11. The zero-order valence-electron chi connectivity index (χ0n) is 12.7. The van der Waals surface area contributed by atoms with Crippen molar-refractivity contribution in [1.29, 1.82) is 0 Å². The van der Waals surface area contributed by atoms with E-state index in [1.54, 1.807) is 14.2 Å². The molecule has 0 aromatic heterocycles. The number of aliphatic hydroxyl groups is 1. The standard InChI is InChI=1S/C16H24BrNO3/c1-20-15-7-11(6-14(17)16(15)21-2)8-18-9-12-4-3-5-13(12)10-19/h6-7,12-13,18-19H,3-5,8-10H2,1-2H3. The van der Waals surface area contributed by atoms with Gasteiger partial charge in [0.2, 0.25) is 0 Å². The summed E-state index contributed by atoms with van der Waals surface area (Å²) in [4.78, 5) is 0. The molecule has 1 aliphatic carbocycles. The SMILES string of the molecule is COc1cc(CNCC2CCCC2CO)cc(Br)c1OC. The van der Waals surface area contributed by atoms with Crippen molar-refractivity contribution in [2.45, 2.75) is 25.8 Å². The smallest absolute Gasteiger partial charge is 0.174 e. The van der Waals surface area contributed by atoms with Crippen LogP contribution in [0.15, 0.2) is 16.6 Å². The molecule has 2 unspecified atom stereocenters. The lowest BCUT2D eigenvalue weighted by Gasteiger charge is -2.18. The average molecular weight is 358 g/mol. The molecule has 2 rings (SSSR count). The Morgan fingerprint density at radius 3 is 2.67 bits per heavy atom. The van der Waals surface area contributed by atoms with Gasteiger partial charge in [0.15, 0.2) is 11.5 Å². The minimum Gasteiger partial charge on any atom is -0.493 e. The maximum Gasteiger partial charge on any atom is 0.174 e. The van der Waals surface area contributed by atoms with Crippen LogP contribution in [0.3, 0.4) is 0 Å². The Morgan fingerprint density at radius 2 is 2.00 bits per heavy atom. The van der Waals surface area contributed by atoms with E-state index in [1.807, 2.05) is 12.1 Å². The van der Waals surface area contributed by atoms with E-state index < -0.39 is 0 Å². The third-order valence-electron chi connectivity index (χ3n) is 4.28. The van der Waals surface area contributed by atoms with Crippen LogP contribution in [-0.2, 0) is 6.54 Å². The summed E-state index contributed by atoms with van der Waals surface area (Å²) in [5.41, 5.74) is 1.15. The maximum atomic E-state index is 9.35. The molecule has 1 fully saturated rings. The topological polar surface area (TPSA) is 50.7 Å². The second kappa shape index (κ2) is 8.01. The molecule has 1 aliphatic rings. The molecule has 0 aliphatic heterocycles. The predicted octanol–water partition coefficient (Wildman–Crippen LogP) is 2.96. The molecular formula is C16H24BrNO3. The van der Waals surface area contributed by atoms with E-state index in [1.165, 1.54) is 12.8 Å². The van der Waals surface area contributed by atoms with Crippen LogP contribution in [0.5, 0.6) is 11.5 Å². The highest BCUT2D eigenvalue weighted by molar-refractivity contribution is 9.10. The molecule has 4 nitrogen and oxygen atoms in total. The van der Waals surface area contributed by atoms with Gasteiger partial charge in [-0.05, 0) is 64.8 Å². The fraction of sp³-hybridized carbons (Fsp3) is 0.625. The van der Waals surface area contributed by atoms with E-state index in [0.717, 1.165) is 41.0 Å². The van der Waals surface area contributed by atoms with Crippen molar-refractivity contribution in [2.24, 2.45) is 11.8 Å². The first-order valence-electron chi connectivity index (χ1n) is 7.41. The lowest BCUT2D eigenvalue weighted by Crippen LogP contribution is -2.26. The largest absolute Gasteiger partial charge is 0.493 e. The van der Waals surface area contributed by atoms with Gasteiger partial charge in [-0.1, -0.05) is 6.42 Å². The molecule has 5 heteroatoms. The molecule has 0 amide bonds. The third-order valence-corrected chi connectivity index (χ3v) is 4.87. The van der Waals surface area contributed by atoms with Gasteiger partial charge in [0.1, 0.15) is 0 Å². The van der Waals surface area contributed by atoms with E-state index in [9.17, 15) is 5.11 Å². The van der Waals surface area contributed by atoms with Crippen LogP contribution >= 0.6 is 15.9 Å². The van der Waals surface area contributed by atoms with E-state index >= 15 is 0 Å². The first kappa shape index (κ1) is 16.6. The second-order valence-corrected chi connectivity index (χ2v) is 6.43. The molecule has 0 heterocycles. The molecular weight excluding hydrogens is 334 g/mol. The maximum absolute atomic E-state index is 9.35. The summed E-state index contributed by atoms with van der Waals surface area (Å²) in [5.74, 6) is 2.52.